The van der Waals surface area contributed by atoms with Gasteiger partial charge >= 0.3 is 5.97 Å². The Hall–Kier alpha value is -3.22. The number of nitro benzene ring substituents is 1. The number of nitrogens with one attached hydrogen (secondary N) is 1. The topological polar surface area (TPSA) is 98.5 Å². The van der Waals surface area contributed by atoms with E-state index >= 15 is 0 Å². The number of rotatable bonds is 7. The van der Waals surface area contributed by atoms with Crippen molar-refractivity contribution in [3.63, 3.8) is 0 Å². The zero-order valence-electron chi connectivity index (χ0n) is 13.7. The first kappa shape index (κ1) is 18.1. The fourth-order valence-corrected chi connectivity index (χ4v) is 2.21. The van der Waals surface area contributed by atoms with Gasteiger partial charge in [0.1, 0.15) is 0 Å². The van der Waals surface area contributed by atoms with Gasteiger partial charge in [0.2, 0.25) is 0 Å². The third-order valence-corrected chi connectivity index (χ3v) is 3.53. The molecule has 0 aliphatic carbocycles. The third-order valence-electron chi connectivity index (χ3n) is 3.53. The number of hydrogen-bond donors (Lipinski definition) is 1. The number of ether oxygens (including phenoxy) is 1. The Balaban J connectivity index is 1.85. The Morgan fingerprint density at radius 3 is 2.44 bits per heavy atom. The van der Waals surface area contributed by atoms with E-state index in [9.17, 15) is 19.7 Å². The van der Waals surface area contributed by atoms with Gasteiger partial charge in [-0.2, -0.15) is 0 Å². The van der Waals surface area contributed by atoms with Crippen LogP contribution in [0.3, 0.4) is 0 Å². The van der Waals surface area contributed by atoms with E-state index in [-0.39, 0.29) is 17.7 Å². The minimum atomic E-state index is -0.703. The molecule has 0 heterocycles. The highest BCUT2D eigenvalue weighted by atomic mass is 16.6. The maximum Gasteiger partial charge on any atom is 0.311 e. The summed E-state index contributed by atoms with van der Waals surface area (Å²) in [6.07, 6.45) is 0.632. The number of carbonyl (C=O) groups is 2. The van der Waals surface area contributed by atoms with Gasteiger partial charge in [0, 0.05) is 17.3 Å². The molecule has 7 heteroatoms. The van der Waals surface area contributed by atoms with Crippen molar-refractivity contribution in [2.45, 2.75) is 19.8 Å². The van der Waals surface area contributed by atoms with Gasteiger partial charge in [0.05, 0.1) is 11.3 Å². The van der Waals surface area contributed by atoms with Gasteiger partial charge in [-0.15, -0.1) is 0 Å². The van der Waals surface area contributed by atoms with Crippen LogP contribution in [-0.2, 0) is 27.2 Å². The highest BCUT2D eigenvalue weighted by Gasteiger charge is 2.17. The van der Waals surface area contributed by atoms with Crippen LogP contribution in [0.25, 0.3) is 0 Å². The monoisotopic (exact) mass is 342 g/mol. The predicted octanol–water partition coefficient (Wildman–Crippen LogP) is 2.88. The quantitative estimate of drug-likeness (QED) is 0.474. The second kappa shape index (κ2) is 8.58. The summed E-state index contributed by atoms with van der Waals surface area (Å²) in [6.45, 7) is 1.58. The average Bonchev–Trinajstić information content (AvgIpc) is 2.61. The van der Waals surface area contributed by atoms with Gasteiger partial charge < -0.3 is 10.1 Å². The van der Waals surface area contributed by atoms with Crippen molar-refractivity contribution in [3.05, 3.63) is 69.8 Å². The molecule has 0 aliphatic rings. The highest BCUT2D eigenvalue weighted by Crippen LogP contribution is 2.18. The van der Waals surface area contributed by atoms with E-state index in [2.05, 4.69) is 5.32 Å². The molecular formula is C18H18N2O5. The molecular weight excluding hydrogens is 324 g/mol. The summed E-state index contributed by atoms with van der Waals surface area (Å²) in [5.74, 6) is -1.18. The number of aryl methyl sites for hydroxylation is 1. The summed E-state index contributed by atoms with van der Waals surface area (Å²) in [7, 11) is 0. The fourth-order valence-electron chi connectivity index (χ4n) is 2.21. The lowest BCUT2D eigenvalue weighted by molar-refractivity contribution is -0.385. The van der Waals surface area contributed by atoms with Crippen molar-refractivity contribution >= 4 is 23.3 Å². The molecule has 130 valence electrons. The van der Waals surface area contributed by atoms with Crippen molar-refractivity contribution < 1.29 is 19.2 Å². The van der Waals surface area contributed by atoms with Crippen LogP contribution in [-0.4, -0.2) is 23.4 Å². The first-order valence-electron chi connectivity index (χ1n) is 7.76. The maximum atomic E-state index is 11.8. The SMILES string of the molecule is CCc1ccc(NC(=O)COC(=O)Cc2ccccc2[N+](=O)[O-])cc1. The van der Waals surface area contributed by atoms with E-state index in [1.165, 1.54) is 18.2 Å². The Morgan fingerprint density at radius 2 is 1.80 bits per heavy atom. The molecule has 0 saturated heterocycles. The molecule has 1 N–H and O–H groups in total. The zero-order valence-corrected chi connectivity index (χ0v) is 13.7. The summed E-state index contributed by atoms with van der Waals surface area (Å²) in [5, 5.41) is 13.5. The van der Waals surface area contributed by atoms with Gasteiger partial charge in [-0.3, -0.25) is 19.7 Å². The largest absolute Gasteiger partial charge is 0.455 e. The molecule has 1 amide bonds. The number of carbonyl (C=O) groups excluding carboxylic acids is 2. The third kappa shape index (κ3) is 5.42. The number of para-hydroxylation sites is 1. The van der Waals surface area contributed by atoms with Gasteiger partial charge in [-0.25, -0.2) is 0 Å². The van der Waals surface area contributed by atoms with E-state index in [4.69, 9.17) is 4.74 Å². The van der Waals surface area contributed by atoms with Gasteiger partial charge in [0.25, 0.3) is 11.6 Å². The predicted molar refractivity (Wildman–Crippen MR) is 92.2 cm³/mol. The fraction of sp³-hybridized carbons (Fsp3) is 0.222. The number of nitro groups is 1. The van der Waals surface area contributed by atoms with E-state index in [0.29, 0.717) is 5.69 Å². The average molecular weight is 342 g/mol. The Bertz CT molecular complexity index is 771. The minimum absolute atomic E-state index is 0.153. The second-order valence-corrected chi connectivity index (χ2v) is 5.32. The van der Waals surface area contributed by atoms with Gasteiger partial charge in [-0.05, 0) is 24.1 Å². The van der Waals surface area contributed by atoms with Crippen LogP contribution in [0.15, 0.2) is 48.5 Å². The van der Waals surface area contributed by atoms with Crippen LogP contribution >= 0.6 is 0 Å². The van der Waals surface area contributed by atoms with E-state index in [1.54, 1.807) is 18.2 Å². The molecule has 7 nitrogen and oxygen atoms in total. The summed E-state index contributed by atoms with van der Waals surface area (Å²) >= 11 is 0. The number of benzene rings is 2. The summed E-state index contributed by atoms with van der Waals surface area (Å²) in [6, 6.07) is 13.3. The normalized spacial score (nSPS) is 10.1. The zero-order chi connectivity index (χ0) is 18.2. The Morgan fingerprint density at radius 1 is 1.12 bits per heavy atom. The van der Waals surface area contributed by atoms with Crippen LogP contribution < -0.4 is 5.32 Å². The standard InChI is InChI=1S/C18H18N2O5/c1-2-13-7-9-15(10-8-13)19-17(21)12-25-18(22)11-14-5-3-4-6-16(14)20(23)24/h3-10H,2,11-12H2,1H3,(H,19,21). The molecule has 2 aromatic rings. The van der Waals surface area contributed by atoms with Crippen molar-refractivity contribution in [1.29, 1.82) is 0 Å². The lowest BCUT2D eigenvalue weighted by atomic mass is 10.1. The number of esters is 1. The molecule has 0 bridgehead atoms. The molecule has 0 radical (unpaired) electrons. The summed E-state index contributed by atoms with van der Waals surface area (Å²) < 4.78 is 4.89. The molecule has 0 saturated carbocycles. The highest BCUT2D eigenvalue weighted by molar-refractivity contribution is 5.92. The summed E-state index contributed by atoms with van der Waals surface area (Å²) in [5.41, 5.74) is 1.85. The van der Waals surface area contributed by atoms with Crippen LogP contribution in [0.1, 0.15) is 18.1 Å². The molecule has 0 spiro atoms. The van der Waals surface area contributed by atoms with Crippen molar-refractivity contribution in [3.8, 4) is 0 Å². The van der Waals surface area contributed by atoms with E-state index in [1.807, 2.05) is 19.1 Å². The van der Waals surface area contributed by atoms with Crippen LogP contribution in [0.4, 0.5) is 11.4 Å². The molecule has 0 aliphatic heterocycles. The molecule has 2 aromatic carbocycles. The smallest absolute Gasteiger partial charge is 0.311 e. The molecule has 0 fully saturated rings. The number of amides is 1. The molecule has 2 rings (SSSR count). The van der Waals surface area contributed by atoms with Crippen molar-refractivity contribution in [2.75, 3.05) is 11.9 Å². The Labute approximate surface area is 144 Å². The van der Waals surface area contributed by atoms with Crippen LogP contribution in [0.2, 0.25) is 0 Å². The maximum absolute atomic E-state index is 11.8. The second-order valence-electron chi connectivity index (χ2n) is 5.32. The van der Waals surface area contributed by atoms with E-state index < -0.39 is 23.4 Å². The van der Waals surface area contributed by atoms with Crippen molar-refractivity contribution in [1.82, 2.24) is 0 Å². The number of anilines is 1. The van der Waals surface area contributed by atoms with Gasteiger partial charge in [0.15, 0.2) is 6.61 Å². The van der Waals surface area contributed by atoms with Crippen LogP contribution in [0.5, 0.6) is 0 Å². The molecule has 0 atom stereocenters. The minimum Gasteiger partial charge on any atom is -0.455 e. The molecule has 0 aromatic heterocycles. The van der Waals surface area contributed by atoms with Gasteiger partial charge in [-0.1, -0.05) is 37.3 Å². The molecule has 0 unspecified atom stereocenters. The first-order chi connectivity index (χ1) is 12.0. The Kier molecular flexibility index (Phi) is 6.22. The lowest BCUT2D eigenvalue weighted by Gasteiger charge is -2.07. The number of hydrogen-bond acceptors (Lipinski definition) is 5. The van der Waals surface area contributed by atoms with Crippen LogP contribution in [0, 0.1) is 10.1 Å². The molecule has 25 heavy (non-hydrogen) atoms. The van der Waals surface area contributed by atoms with E-state index in [0.717, 1.165) is 12.0 Å². The first-order valence-corrected chi connectivity index (χ1v) is 7.76. The summed E-state index contributed by atoms with van der Waals surface area (Å²) in [4.78, 5) is 34.0. The number of nitrogens with zero attached hydrogens (tertiary/aromatic N) is 1. The van der Waals surface area contributed by atoms with Crippen molar-refractivity contribution in [2.24, 2.45) is 0 Å². The lowest BCUT2D eigenvalue weighted by Crippen LogP contribution is -2.21.